The predicted molar refractivity (Wildman–Crippen MR) is 268 cm³/mol. The van der Waals surface area contributed by atoms with Gasteiger partial charge in [-0.1, -0.05) is 20.6 Å². The van der Waals surface area contributed by atoms with E-state index < -0.39 is 292 Å². The second kappa shape index (κ2) is 23.8. The van der Waals surface area contributed by atoms with Gasteiger partial charge in [0.25, 0.3) is 17.7 Å². The second-order valence-corrected chi connectivity index (χ2v) is 13.4. The van der Waals surface area contributed by atoms with Crippen LogP contribution in [-0.2, 0) is 0 Å². The maximum atomic E-state index is 12.3. The van der Waals surface area contributed by atoms with E-state index in [1.807, 2.05) is 10.3 Å². The van der Waals surface area contributed by atoms with E-state index in [4.69, 9.17) is 98.1 Å². The third-order valence-electron chi connectivity index (χ3n) is 7.56. The average Bonchev–Trinajstić information content (AvgIpc) is 0.652. The van der Waals surface area contributed by atoms with Crippen molar-refractivity contribution in [3.05, 3.63) is 46.2 Å². The Labute approximate surface area is 489 Å². The fraction of sp³-hybridized carbons (Fsp3) is 0.688. The van der Waals surface area contributed by atoms with Crippen molar-refractivity contribution < 1.29 is 111 Å². The van der Waals surface area contributed by atoms with Crippen LogP contribution < -0.4 is 49.4 Å². The van der Waals surface area contributed by atoms with Crippen LogP contribution in [0.4, 0.5) is 23.7 Å². The topological polar surface area (TPSA) is 346 Å². The standard InChI is InChI=1S/3C16H27N5O2/c3*1-9-5-6-10(7-12(9)22)19-14-11(13(17)23)8-18-15(20-14)21-16(2,3)4/h3*8-10,12,22H,5-7H2,1-4H3,(H2,17,23)(H2,18,19,20,21)/i1D3,2D3,3D3,4D3,5D2,6D2,7D2,8D,9D,10D,12D;1D3,2D3,3D3,4D3,5D2,6D2,7D2,9D,10D,12D;1D3,2D3,3D3,4D3,5D,6D,7D,8D. The van der Waals surface area contributed by atoms with Gasteiger partial charge in [-0.2, -0.15) is 4.98 Å². The van der Waals surface area contributed by atoms with Crippen molar-refractivity contribution in [2.24, 2.45) is 44.9 Å². The number of aromatic nitrogens is 6. The highest BCUT2D eigenvalue weighted by Crippen LogP contribution is 2.29. The van der Waals surface area contributed by atoms with Crippen LogP contribution in [0.25, 0.3) is 0 Å². The summed E-state index contributed by atoms with van der Waals surface area (Å²) in [5.74, 6) is -19.9. The Kier molecular flexibility index (Phi) is 5.39. The van der Waals surface area contributed by atoms with Gasteiger partial charge in [-0.25, -0.2) is 15.0 Å². The minimum Gasteiger partial charge on any atom is -0.393 e. The Morgan fingerprint density at radius 3 is 1.80 bits per heavy atom. The van der Waals surface area contributed by atoms with Gasteiger partial charge in [-0.05, 0) is 137 Å². The van der Waals surface area contributed by atoms with Crippen molar-refractivity contribution >= 4 is 41.4 Å². The highest BCUT2D eigenvalue weighted by atomic mass is 16.3. The highest BCUT2D eigenvalue weighted by Gasteiger charge is 2.29. The first-order valence-corrected chi connectivity index (χ1v) is 18.3. The second-order valence-electron chi connectivity index (χ2n) is 13.4. The largest absolute Gasteiger partial charge is 0.393 e. The zero-order chi connectivity index (χ0) is 102. The van der Waals surface area contributed by atoms with E-state index in [1.54, 1.807) is 16.0 Å². The summed E-state index contributed by atoms with van der Waals surface area (Å²) in [6.07, 6.45) is -44.4. The number of hydrogen-bond donors (Lipinski definition) is 12. The normalized spacial score (nSPS) is 54.5. The number of aliphatic hydroxyl groups is 3. The van der Waals surface area contributed by atoms with Crippen LogP contribution in [-0.4, -0.2) is 116 Å². The third-order valence-corrected chi connectivity index (χ3v) is 7.56. The molecule has 0 bridgehead atoms. The van der Waals surface area contributed by atoms with Crippen LogP contribution in [0.5, 0.6) is 0 Å². The van der Waals surface area contributed by atoms with Gasteiger partial charge in [0.05, 0.1) is 55.2 Å². The van der Waals surface area contributed by atoms with Crippen LogP contribution in [0.15, 0.2) is 28.5 Å². The summed E-state index contributed by atoms with van der Waals surface area (Å²) in [7, 11) is 0. The Morgan fingerprint density at radius 1 is 0.725 bits per heavy atom. The average molecular weight is 1020 g/mol. The monoisotopic (exact) mass is 1020 g/mol. The third kappa shape index (κ3) is 18.3. The molecule has 3 heterocycles. The molecule has 21 nitrogen and oxygen atoms in total. The lowest BCUT2D eigenvalue weighted by atomic mass is 9.85. The van der Waals surface area contributed by atoms with Gasteiger partial charge < -0.3 is 63.8 Å². The number of aliphatic hydroxyl groups excluding tert-OH is 1. The van der Waals surface area contributed by atoms with Crippen LogP contribution in [0.2, 0.25) is 0 Å². The van der Waals surface area contributed by atoms with Crippen molar-refractivity contribution in [1.29, 1.82) is 0 Å². The molecule has 3 saturated carbocycles. The van der Waals surface area contributed by atoms with E-state index in [0.29, 0.717) is 6.20 Å². The smallest absolute Gasteiger partial charge is 0.254 e. The molecule has 3 fully saturated rings. The van der Waals surface area contributed by atoms with Crippen LogP contribution in [0.1, 0.15) is 252 Å². The predicted octanol–water partition coefficient (Wildman–Crippen LogP) is 4.09. The molecule has 12 unspecified atom stereocenters. The molecule has 0 aliphatic heterocycles. The van der Waals surface area contributed by atoms with Gasteiger partial charge in [0.15, 0.2) is 0 Å². The number of aromatic amines is 2. The van der Waals surface area contributed by atoms with E-state index in [0.717, 1.165) is 0 Å². The number of rotatable bonds is 10. The van der Waals surface area contributed by atoms with Crippen LogP contribution >= 0.6 is 0 Å². The first-order chi connectivity index (χ1) is 55.7. The number of hydrogen-bond acceptors (Lipinski definition) is 16. The molecule has 69 heavy (non-hydrogen) atoms. The number of amides is 3. The maximum absolute atomic E-state index is 12.3. The van der Waals surface area contributed by atoms with E-state index in [-0.39, 0.29) is 0 Å². The Hall–Kier alpha value is -5.67. The van der Waals surface area contributed by atoms with Crippen molar-refractivity contribution in [1.82, 2.24) is 29.9 Å². The summed E-state index contributed by atoms with van der Waals surface area (Å²) in [6, 6.07) is -10.1. The summed E-state index contributed by atoms with van der Waals surface area (Å²) >= 11 is 0. The first kappa shape index (κ1) is 15.7. The van der Waals surface area contributed by atoms with E-state index in [2.05, 4.69) is 34.9 Å². The number of H-pyrrole nitrogens is 2. The lowest BCUT2D eigenvalue weighted by molar-refractivity contribution is 0.0702. The number of nitrogens with two attached hydrogens (primary N) is 3. The summed E-state index contributed by atoms with van der Waals surface area (Å²) < 4.78 is 467. The number of carbonyl (C=O) groups excluding carboxylic acids is 3. The SMILES string of the molecule is [2H]C([2H])([2H])C1([2H])C([2H])([2H])C([2H])([2H])C([2H])(Nc2nc(NC(C([2H])([2H])[2H])(C([2H])([2H])[2H])C([2H])([2H])[2H])ncc2C(N)=O)C([2H])([2H])C1([2H])O.[2H]c1nc(NC(C([2H])([2H])[2H])(C([2H])([2H])[2H])C([2H])([2H])[2H])[nH]c(=NC2([2H])C([2H])([2H])C([2H])([2H])C([2H])(C([2H])([2H])[2H])C([2H])(O)C2([2H])[2H])c1C(N)=O.[2H]c1nc(NC(C([2H])([2H])[2H])(C([2H])([2H])[2H])C([2H])([2H])[2H])[nH]c(=NC2C([2H])C([2H])C(C([2H])([2H])[2H])C(O)C2[2H])c1C(N)=O. The maximum Gasteiger partial charge on any atom is 0.254 e. The Morgan fingerprint density at radius 2 is 1.26 bits per heavy atom. The van der Waals surface area contributed by atoms with Gasteiger partial charge in [0.2, 0.25) is 17.8 Å². The number of primary amides is 3. The Balaban J connectivity index is 0.000000403. The van der Waals surface area contributed by atoms with Crippen molar-refractivity contribution in [2.75, 3.05) is 21.3 Å². The summed E-state index contributed by atoms with van der Waals surface area (Å²) in [5, 5.41) is 38.9. The lowest BCUT2D eigenvalue weighted by Gasteiger charge is -2.32. The number of nitrogens with one attached hydrogen (secondary N) is 6. The van der Waals surface area contributed by atoms with Gasteiger partial charge in [0.1, 0.15) is 16.8 Å². The molecular weight excluding hydrogens is 883 g/mol. The first-order valence-electron chi connectivity index (χ1n) is 48.0. The minimum atomic E-state index is -4.55. The van der Waals surface area contributed by atoms with Crippen molar-refractivity contribution in [3.63, 3.8) is 0 Å². The lowest BCUT2D eigenvalue weighted by Crippen LogP contribution is -2.36. The van der Waals surface area contributed by atoms with E-state index >= 15 is 0 Å². The number of anilines is 4. The van der Waals surface area contributed by atoms with E-state index in [1.165, 1.54) is 0 Å². The summed E-state index contributed by atoms with van der Waals surface area (Å²) in [6.45, 7) is -45.7. The molecule has 384 valence electrons. The summed E-state index contributed by atoms with van der Waals surface area (Å²) in [5.41, 5.74) is -0.970. The van der Waals surface area contributed by atoms with Crippen molar-refractivity contribution in [3.8, 4) is 0 Å². The molecule has 3 aliphatic rings. The number of nitrogens with zero attached hydrogens (tertiary/aromatic N) is 6. The highest BCUT2D eigenvalue weighted by molar-refractivity contribution is 5.97. The molecule has 0 aromatic carbocycles. The van der Waals surface area contributed by atoms with Gasteiger partial charge in [0, 0.05) is 114 Å². The Bertz CT molecular complexity index is 4600. The van der Waals surface area contributed by atoms with Crippen LogP contribution in [0, 0.1) is 17.7 Å². The van der Waals surface area contributed by atoms with Crippen LogP contribution in [0.3, 0.4) is 0 Å². The molecule has 3 aromatic heterocycles. The van der Waals surface area contributed by atoms with Gasteiger partial charge in [-0.3, -0.25) is 24.4 Å². The van der Waals surface area contributed by atoms with E-state index in [9.17, 15) is 29.7 Å². The molecular formula is C48H81N15O6. The molecule has 0 saturated heterocycles. The van der Waals surface area contributed by atoms with Crippen molar-refractivity contribution in [2.45, 2.75) is 193 Å². The molecule has 3 aliphatic carbocycles. The zero-order valence-corrected chi connectivity index (χ0v) is 34.5. The zero-order valence-electron chi connectivity index (χ0n) is 93.5. The minimum absolute atomic E-state index is 0.388. The fourth-order valence-electron chi connectivity index (χ4n) is 4.72. The summed E-state index contributed by atoms with van der Waals surface area (Å²) in [4.78, 5) is 61.6. The molecule has 0 spiro atoms. The molecule has 6 rings (SSSR count). The van der Waals surface area contributed by atoms with Gasteiger partial charge in [-0.15, -0.1) is 0 Å². The quantitative estimate of drug-likeness (QED) is 0.136. The molecule has 3 amide bonds. The molecule has 3 aromatic rings. The number of carbonyl (C=O) groups is 3. The molecule has 12 atom stereocenters. The molecule has 15 N–H and O–H groups in total. The molecule has 21 heteroatoms. The molecule has 0 radical (unpaired) electrons. The fourth-order valence-corrected chi connectivity index (χ4v) is 4.72. The van der Waals surface area contributed by atoms with Gasteiger partial charge >= 0.3 is 0 Å².